The molecule has 0 heterocycles. The lowest BCUT2D eigenvalue weighted by molar-refractivity contribution is 0.183. The summed E-state index contributed by atoms with van der Waals surface area (Å²) in [6, 6.07) is 4.01. The quantitative estimate of drug-likeness (QED) is 0.603. The van der Waals surface area contributed by atoms with Crippen LogP contribution in [0.15, 0.2) is 18.2 Å². The maximum atomic E-state index is 13.0. The van der Waals surface area contributed by atoms with Crippen molar-refractivity contribution < 1.29 is 9.13 Å². The molecule has 15 heavy (non-hydrogen) atoms. The predicted molar refractivity (Wildman–Crippen MR) is 58.0 cm³/mol. The van der Waals surface area contributed by atoms with E-state index in [9.17, 15) is 4.39 Å². The molecule has 0 aliphatic heterocycles. The molecule has 5 heteroatoms. The number of ether oxygens (including phenoxy) is 1. The first-order chi connectivity index (χ1) is 7.19. The molecule has 3 nitrogen and oxygen atoms in total. The molecule has 84 valence electrons. The van der Waals surface area contributed by atoms with Gasteiger partial charge < -0.3 is 4.74 Å². The van der Waals surface area contributed by atoms with Gasteiger partial charge in [-0.15, -0.1) is 0 Å². The van der Waals surface area contributed by atoms with Crippen LogP contribution >= 0.6 is 11.6 Å². The van der Waals surface area contributed by atoms with Crippen LogP contribution in [0.3, 0.4) is 0 Å². The van der Waals surface area contributed by atoms with Crippen molar-refractivity contribution in [2.24, 2.45) is 5.84 Å². The van der Waals surface area contributed by atoms with Gasteiger partial charge in [-0.2, -0.15) is 0 Å². The molecule has 0 fully saturated rings. The van der Waals surface area contributed by atoms with E-state index >= 15 is 0 Å². The second kappa shape index (κ2) is 6.02. The third-order valence-corrected chi connectivity index (χ3v) is 2.49. The van der Waals surface area contributed by atoms with Crippen molar-refractivity contribution >= 4 is 11.6 Å². The predicted octanol–water partition coefficient (Wildman–Crippen LogP) is 2.02. The van der Waals surface area contributed by atoms with E-state index in [0.29, 0.717) is 23.6 Å². The lowest BCUT2D eigenvalue weighted by Crippen LogP contribution is -2.29. The monoisotopic (exact) mass is 232 g/mol. The SMILES string of the molecule is COCCC(NN)c1cc(F)ccc1Cl. The summed E-state index contributed by atoms with van der Waals surface area (Å²) in [5.74, 6) is 5.05. The second-order valence-electron chi connectivity index (χ2n) is 3.17. The van der Waals surface area contributed by atoms with Gasteiger partial charge in [0.2, 0.25) is 0 Å². The van der Waals surface area contributed by atoms with E-state index in [2.05, 4.69) is 5.43 Å². The average Bonchev–Trinajstić information content (AvgIpc) is 2.24. The molecule has 1 unspecified atom stereocenters. The van der Waals surface area contributed by atoms with Crippen LogP contribution < -0.4 is 11.3 Å². The maximum absolute atomic E-state index is 13.0. The van der Waals surface area contributed by atoms with Crippen LogP contribution in [0.4, 0.5) is 4.39 Å². The van der Waals surface area contributed by atoms with Crippen LogP contribution in [-0.2, 0) is 4.74 Å². The van der Waals surface area contributed by atoms with E-state index in [-0.39, 0.29) is 11.9 Å². The Labute approximate surface area is 93.3 Å². The molecule has 3 N–H and O–H groups in total. The number of nitrogens with one attached hydrogen (secondary N) is 1. The Hall–Kier alpha value is -0.680. The van der Waals surface area contributed by atoms with Gasteiger partial charge in [-0.3, -0.25) is 11.3 Å². The van der Waals surface area contributed by atoms with E-state index in [4.69, 9.17) is 22.2 Å². The molecule has 1 atom stereocenters. The number of benzene rings is 1. The van der Waals surface area contributed by atoms with E-state index in [1.165, 1.54) is 18.2 Å². The second-order valence-corrected chi connectivity index (χ2v) is 3.57. The first-order valence-electron chi connectivity index (χ1n) is 4.59. The zero-order valence-electron chi connectivity index (χ0n) is 8.47. The zero-order valence-corrected chi connectivity index (χ0v) is 9.22. The highest BCUT2D eigenvalue weighted by molar-refractivity contribution is 6.31. The van der Waals surface area contributed by atoms with E-state index < -0.39 is 0 Å². The molecule has 1 rings (SSSR count). The summed E-state index contributed by atoms with van der Waals surface area (Å²) in [5.41, 5.74) is 3.24. The standard InChI is InChI=1S/C10H14ClFN2O/c1-15-5-4-10(14-13)8-6-7(12)2-3-9(8)11/h2-3,6,10,14H,4-5,13H2,1H3. The Morgan fingerprint density at radius 2 is 2.33 bits per heavy atom. The Kier molecular flexibility index (Phi) is 4.98. The van der Waals surface area contributed by atoms with Crippen molar-refractivity contribution in [3.8, 4) is 0 Å². The van der Waals surface area contributed by atoms with Crippen molar-refractivity contribution in [1.29, 1.82) is 0 Å². The molecule has 0 bridgehead atoms. The molecule has 0 aliphatic rings. The highest BCUT2D eigenvalue weighted by Gasteiger charge is 2.13. The van der Waals surface area contributed by atoms with Crippen LogP contribution in [0, 0.1) is 5.82 Å². The third kappa shape index (κ3) is 3.43. The summed E-state index contributed by atoms with van der Waals surface area (Å²) in [6.07, 6.45) is 0.635. The average molecular weight is 233 g/mol. The normalized spacial score (nSPS) is 12.8. The lowest BCUT2D eigenvalue weighted by Gasteiger charge is -2.17. The fourth-order valence-electron chi connectivity index (χ4n) is 1.35. The largest absolute Gasteiger partial charge is 0.385 e. The van der Waals surface area contributed by atoms with Crippen molar-refractivity contribution in [2.75, 3.05) is 13.7 Å². The highest BCUT2D eigenvalue weighted by Crippen LogP contribution is 2.25. The van der Waals surface area contributed by atoms with Crippen LogP contribution in [-0.4, -0.2) is 13.7 Å². The number of rotatable bonds is 5. The van der Waals surface area contributed by atoms with Gasteiger partial charge in [-0.1, -0.05) is 11.6 Å². The maximum Gasteiger partial charge on any atom is 0.123 e. The summed E-state index contributed by atoms with van der Waals surface area (Å²) in [5, 5.41) is 0.496. The van der Waals surface area contributed by atoms with Crippen LogP contribution in [0.25, 0.3) is 0 Å². The van der Waals surface area contributed by atoms with Gasteiger partial charge in [0.15, 0.2) is 0 Å². The van der Waals surface area contributed by atoms with Gasteiger partial charge in [0.25, 0.3) is 0 Å². The van der Waals surface area contributed by atoms with Gasteiger partial charge >= 0.3 is 0 Å². The fourth-order valence-corrected chi connectivity index (χ4v) is 1.60. The molecule has 0 aliphatic carbocycles. The van der Waals surface area contributed by atoms with Gasteiger partial charge in [-0.05, 0) is 30.2 Å². The Balaban J connectivity index is 2.85. The summed E-state index contributed by atoms with van der Waals surface area (Å²) < 4.78 is 17.9. The number of hydrogen-bond donors (Lipinski definition) is 2. The molecular weight excluding hydrogens is 219 g/mol. The van der Waals surface area contributed by atoms with Crippen molar-refractivity contribution in [1.82, 2.24) is 5.43 Å². The number of hydrazine groups is 1. The fraction of sp³-hybridized carbons (Fsp3) is 0.400. The number of halogens is 2. The molecular formula is C10H14ClFN2O. The molecule has 1 aromatic rings. The summed E-state index contributed by atoms with van der Waals surface area (Å²) >= 11 is 5.95. The van der Waals surface area contributed by atoms with Crippen molar-refractivity contribution in [3.63, 3.8) is 0 Å². The molecule has 0 spiro atoms. The summed E-state index contributed by atoms with van der Waals surface area (Å²) in [6.45, 7) is 0.529. The third-order valence-electron chi connectivity index (χ3n) is 2.15. The van der Waals surface area contributed by atoms with Crippen LogP contribution in [0.2, 0.25) is 5.02 Å². The molecule has 0 radical (unpaired) electrons. The van der Waals surface area contributed by atoms with Crippen molar-refractivity contribution in [2.45, 2.75) is 12.5 Å². The molecule has 0 amide bonds. The Morgan fingerprint density at radius 3 is 2.93 bits per heavy atom. The van der Waals surface area contributed by atoms with Crippen molar-refractivity contribution in [3.05, 3.63) is 34.6 Å². The molecule has 0 saturated heterocycles. The summed E-state index contributed by atoms with van der Waals surface area (Å²) in [7, 11) is 1.60. The van der Waals surface area contributed by atoms with Gasteiger partial charge in [0.1, 0.15) is 5.82 Å². The Bertz CT molecular complexity index is 322. The minimum Gasteiger partial charge on any atom is -0.385 e. The lowest BCUT2D eigenvalue weighted by atomic mass is 10.0. The van der Waals surface area contributed by atoms with E-state index in [1.807, 2.05) is 0 Å². The molecule has 0 saturated carbocycles. The zero-order chi connectivity index (χ0) is 11.3. The number of hydrogen-bond acceptors (Lipinski definition) is 3. The minimum atomic E-state index is -0.327. The number of nitrogens with two attached hydrogens (primary N) is 1. The van der Waals surface area contributed by atoms with E-state index in [0.717, 1.165) is 0 Å². The van der Waals surface area contributed by atoms with Gasteiger partial charge in [0.05, 0.1) is 0 Å². The first-order valence-corrected chi connectivity index (χ1v) is 4.97. The van der Waals surface area contributed by atoms with Gasteiger partial charge in [0, 0.05) is 24.8 Å². The van der Waals surface area contributed by atoms with Crippen LogP contribution in [0.1, 0.15) is 18.0 Å². The molecule has 1 aromatic carbocycles. The number of methoxy groups -OCH3 is 1. The topological polar surface area (TPSA) is 47.3 Å². The minimum absolute atomic E-state index is 0.201. The van der Waals surface area contributed by atoms with Gasteiger partial charge in [-0.25, -0.2) is 4.39 Å². The van der Waals surface area contributed by atoms with Crippen LogP contribution in [0.5, 0.6) is 0 Å². The Morgan fingerprint density at radius 1 is 1.60 bits per heavy atom. The van der Waals surface area contributed by atoms with E-state index in [1.54, 1.807) is 7.11 Å². The molecule has 0 aromatic heterocycles. The first kappa shape index (κ1) is 12.4. The summed E-state index contributed by atoms with van der Waals surface area (Å²) in [4.78, 5) is 0. The highest BCUT2D eigenvalue weighted by atomic mass is 35.5. The smallest absolute Gasteiger partial charge is 0.123 e.